The number of nitrogens with one attached hydrogen (secondary N) is 2. The molecule has 6 nitrogen and oxygen atoms in total. The van der Waals surface area contributed by atoms with Crippen molar-refractivity contribution in [2.24, 2.45) is 5.41 Å². The molecule has 0 aliphatic carbocycles. The fourth-order valence-electron chi connectivity index (χ4n) is 2.51. The predicted octanol–water partition coefficient (Wildman–Crippen LogP) is 1.20. The Morgan fingerprint density at radius 2 is 2.24 bits per heavy atom. The van der Waals surface area contributed by atoms with Crippen LogP contribution in [0, 0.1) is 5.41 Å². The maximum Gasteiger partial charge on any atom is 0.271 e. The number of aliphatic hydroxyl groups excluding tert-OH is 1. The number of carbonyl (C=O) groups is 1. The zero-order valence-electron chi connectivity index (χ0n) is 12.1. The average Bonchev–Trinajstić information content (AvgIpc) is 2.84. The molecule has 0 saturated heterocycles. The average molecular weight is 286 g/mol. The Morgan fingerprint density at radius 3 is 2.95 bits per heavy atom. The molecule has 1 atom stereocenters. The second-order valence-electron chi connectivity index (χ2n) is 6.16. The summed E-state index contributed by atoms with van der Waals surface area (Å²) in [7, 11) is 0. The van der Waals surface area contributed by atoms with Gasteiger partial charge in [0.25, 0.3) is 5.91 Å². The van der Waals surface area contributed by atoms with Crippen molar-refractivity contribution in [1.29, 1.82) is 0 Å². The molecule has 2 aromatic rings. The Morgan fingerprint density at radius 1 is 1.43 bits per heavy atom. The van der Waals surface area contributed by atoms with E-state index in [4.69, 9.17) is 0 Å². The monoisotopic (exact) mass is 286 g/mol. The normalized spacial score (nSPS) is 18.5. The van der Waals surface area contributed by atoms with Gasteiger partial charge in [0.05, 0.1) is 0 Å². The number of pyridine rings is 1. The van der Waals surface area contributed by atoms with Crippen molar-refractivity contribution in [3.05, 3.63) is 47.3 Å². The molecule has 1 aliphatic rings. The van der Waals surface area contributed by atoms with Gasteiger partial charge in [-0.2, -0.15) is 0 Å². The lowest BCUT2D eigenvalue weighted by Crippen LogP contribution is -2.32. The fourth-order valence-corrected chi connectivity index (χ4v) is 2.51. The summed E-state index contributed by atoms with van der Waals surface area (Å²) in [5.74, 6) is 0.178. The number of hydrogen-bond donors (Lipinski definition) is 3. The zero-order valence-corrected chi connectivity index (χ0v) is 12.1. The lowest BCUT2D eigenvalue weighted by Gasteiger charge is -2.21. The summed E-state index contributed by atoms with van der Waals surface area (Å²) in [5.41, 5.74) is 1.73. The quantitative estimate of drug-likeness (QED) is 0.773. The number of hydrogen-bond acceptors (Lipinski definition) is 4. The number of aliphatic hydroxyl groups is 1. The third kappa shape index (κ3) is 2.67. The van der Waals surface area contributed by atoms with Gasteiger partial charge in [0, 0.05) is 30.2 Å². The van der Waals surface area contributed by atoms with Crippen LogP contribution in [-0.2, 0) is 6.42 Å². The maximum absolute atomic E-state index is 12.1. The summed E-state index contributed by atoms with van der Waals surface area (Å²) in [6.07, 6.45) is 3.02. The highest BCUT2D eigenvalue weighted by atomic mass is 16.3. The van der Waals surface area contributed by atoms with E-state index in [0.717, 1.165) is 5.69 Å². The van der Waals surface area contributed by atoms with Crippen molar-refractivity contribution < 1.29 is 9.90 Å². The number of imidazole rings is 1. The highest BCUT2D eigenvalue weighted by molar-refractivity contribution is 5.94. The molecule has 110 valence electrons. The molecule has 0 bridgehead atoms. The third-order valence-corrected chi connectivity index (χ3v) is 3.65. The molecular formula is C15H18N4O2. The van der Waals surface area contributed by atoms with Crippen LogP contribution in [-0.4, -0.2) is 32.5 Å². The first kappa shape index (κ1) is 13.8. The lowest BCUT2D eigenvalue weighted by atomic mass is 9.88. The Kier molecular flexibility index (Phi) is 3.25. The molecule has 1 amide bonds. The minimum atomic E-state index is -0.915. The van der Waals surface area contributed by atoms with Gasteiger partial charge in [-0.3, -0.25) is 9.78 Å². The van der Waals surface area contributed by atoms with E-state index in [9.17, 15) is 9.90 Å². The van der Waals surface area contributed by atoms with Crippen LogP contribution < -0.4 is 5.32 Å². The minimum Gasteiger partial charge on any atom is -0.380 e. The number of aromatic amines is 1. The Balaban J connectivity index is 1.97. The molecule has 0 aromatic carbocycles. The minimum absolute atomic E-state index is 0.0516. The molecular weight excluding hydrogens is 268 g/mol. The van der Waals surface area contributed by atoms with E-state index in [2.05, 4.69) is 34.1 Å². The van der Waals surface area contributed by atoms with E-state index >= 15 is 0 Å². The number of amides is 1. The fraction of sp³-hybridized carbons (Fsp3) is 0.400. The van der Waals surface area contributed by atoms with Gasteiger partial charge in [-0.25, -0.2) is 4.98 Å². The van der Waals surface area contributed by atoms with Gasteiger partial charge in [-0.1, -0.05) is 19.9 Å². The van der Waals surface area contributed by atoms with E-state index in [1.165, 1.54) is 0 Å². The summed E-state index contributed by atoms with van der Waals surface area (Å²) in [5, 5.41) is 13.2. The Bertz CT molecular complexity index is 664. The summed E-state index contributed by atoms with van der Waals surface area (Å²) < 4.78 is 0. The molecule has 3 N–H and O–H groups in total. The van der Waals surface area contributed by atoms with Crippen LogP contribution in [0.15, 0.2) is 24.5 Å². The highest BCUT2D eigenvalue weighted by Crippen LogP contribution is 2.27. The van der Waals surface area contributed by atoms with Gasteiger partial charge in [0.15, 0.2) is 0 Å². The van der Waals surface area contributed by atoms with Crippen LogP contribution in [0.4, 0.5) is 0 Å². The molecule has 0 spiro atoms. The van der Waals surface area contributed by atoms with Crippen LogP contribution in [0.3, 0.4) is 0 Å². The number of H-pyrrole nitrogens is 1. The number of carbonyl (C=O) groups excluding carboxylic acids is 1. The molecule has 0 fully saturated rings. The Labute approximate surface area is 122 Å². The van der Waals surface area contributed by atoms with Crippen molar-refractivity contribution in [3.63, 3.8) is 0 Å². The van der Waals surface area contributed by atoms with E-state index in [1.807, 2.05) is 0 Å². The van der Waals surface area contributed by atoms with Crippen LogP contribution >= 0.6 is 0 Å². The van der Waals surface area contributed by atoms with Crippen molar-refractivity contribution in [2.75, 3.05) is 6.54 Å². The Hall–Kier alpha value is -2.21. The molecule has 21 heavy (non-hydrogen) atoms. The maximum atomic E-state index is 12.1. The zero-order chi connectivity index (χ0) is 15.0. The lowest BCUT2D eigenvalue weighted by molar-refractivity contribution is 0.0940. The molecule has 6 heteroatoms. The van der Waals surface area contributed by atoms with E-state index in [-0.39, 0.29) is 11.3 Å². The predicted molar refractivity (Wildman–Crippen MR) is 76.7 cm³/mol. The number of aromatic nitrogens is 3. The van der Waals surface area contributed by atoms with Gasteiger partial charge in [0.2, 0.25) is 0 Å². The topological polar surface area (TPSA) is 90.9 Å². The SMILES string of the molecule is CC1(C)CNC(=O)c2nc([C@@H](O)c3cccnc3)[nH]c2C1. The van der Waals surface area contributed by atoms with Crippen molar-refractivity contribution >= 4 is 5.91 Å². The molecule has 3 heterocycles. The second kappa shape index (κ2) is 4.96. The molecule has 1 aliphatic heterocycles. The van der Waals surface area contributed by atoms with Crippen molar-refractivity contribution in [3.8, 4) is 0 Å². The van der Waals surface area contributed by atoms with E-state index < -0.39 is 6.10 Å². The second-order valence-corrected chi connectivity index (χ2v) is 6.16. The summed E-state index contributed by atoms with van der Waals surface area (Å²) in [4.78, 5) is 23.5. The largest absolute Gasteiger partial charge is 0.380 e. The van der Waals surface area contributed by atoms with Gasteiger partial charge in [0.1, 0.15) is 17.6 Å². The molecule has 2 aromatic heterocycles. The van der Waals surface area contributed by atoms with Gasteiger partial charge in [-0.05, 0) is 17.9 Å². The summed E-state index contributed by atoms with van der Waals surface area (Å²) >= 11 is 0. The van der Waals surface area contributed by atoms with E-state index in [0.29, 0.717) is 30.0 Å². The number of fused-ring (bicyclic) bond motifs is 1. The van der Waals surface area contributed by atoms with Gasteiger partial charge in [-0.15, -0.1) is 0 Å². The summed E-state index contributed by atoms with van der Waals surface area (Å²) in [6.45, 7) is 4.78. The van der Waals surface area contributed by atoms with Crippen LogP contribution in [0.5, 0.6) is 0 Å². The first-order valence-electron chi connectivity index (χ1n) is 6.91. The summed E-state index contributed by atoms with van der Waals surface area (Å²) in [6, 6.07) is 3.53. The molecule has 3 rings (SSSR count). The third-order valence-electron chi connectivity index (χ3n) is 3.65. The standard InChI is InChI=1S/C15H18N4O2/c1-15(2)6-10-11(14(21)17-8-15)19-13(18-10)12(20)9-4-3-5-16-7-9/h3-5,7,12,20H,6,8H2,1-2H3,(H,17,21)(H,18,19)/t12-/m0/s1. The molecule has 0 radical (unpaired) electrons. The van der Waals surface area contributed by atoms with E-state index in [1.54, 1.807) is 24.5 Å². The van der Waals surface area contributed by atoms with Gasteiger partial charge >= 0.3 is 0 Å². The smallest absolute Gasteiger partial charge is 0.271 e. The highest BCUT2D eigenvalue weighted by Gasteiger charge is 2.31. The molecule has 0 saturated carbocycles. The van der Waals surface area contributed by atoms with Crippen molar-refractivity contribution in [2.45, 2.75) is 26.4 Å². The van der Waals surface area contributed by atoms with Crippen LogP contribution in [0.2, 0.25) is 0 Å². The number of nitrogens with zero attached hydrogens (tertiary/aromatic N) is 2. The number of rotatable bonds is 2. The molecule has 0 unspecified atom stereocenters. The van der Waals surface area contributed by atoms with Crippen LogP contribution in [0.1, 0.15) is 47.5 Å². The van der Waals surface area contributed by atoms with Crippen molar-refractivity contribution in [1.82, 2.24) is 20.3 Å². The first-order valence-corrected chi connectivity index (χ1v) is 6.91. The van der Waals surface area contributed by atoms with Gasteiger partial charge < -0.3 is 15.4 Å². The first-order chi connectivity index (χ1) is 9.96. The van der Waals surface area contributed by atoms with Crippen LogP contribution in [0.25, 0.3) is 0 Å².